The first-order valence-corrected chi connectivity index (χ1v) is 8.20. The van der Waals surface area contributed by atoms with Crippen LogP contribution >= 0.6 is 0 Å². The number of benzene rings is 1. The van der Waals surface area contributed by atoms with Gasteiger partial charge < -0.3 is 9.47 Å². The number of esters is 2. The van der Waals surface area contributed by atoms with Gasteiger partial charge in [0.25, 0.3) is 0 Å². The molecule has 1 aromatic carbocycles. The minimum Gasteiger partial charge on any atom is -0.450 e. The predicted molar refractivity (Wildman–Crippen MR) is 101 cm³/mol. The third-order valence-electron chi connectivity index (χ3n) is 4.09. The van der Waals surface area contributed by atoms with Gasteiger partial charge in [0.15, 0.2) is 0 Å². The summed E-state index contributed by atoms with van der Waals surface area (Å²) in [5.41, 5.74) is 2.36. The van der Waals surface area contributed by atoms with E-state index in [1.807, 2.05) is 42.9 Å². The second-order valence-electron chi connectivity index (χ2n) is 6.25. The highest BCUT2D eigenvalue weighted by Gasteiger charge is 2.21. The Morgan fingerprint density at radius 1 is 0.962 bits per heavy atom. The second kappa shape index (κ2) is 7.00. The molecule has 0 aliphatic heterocycles. The largest absolute Gasteiger partial charge is 0.450 e. The smallest absolute Gasteiger partial charge is 0.338 e. The van der Waals surface area contributed by atoms with Crippen LogP contribution in [0, 0.1) is 6.42 Å². The third kappa shape index (κ3) is 3.31. The van der Waals surface area contributed by atoms with Crippen LogP contribution in [-0.4, -0.2) is 11.9 Å². The van der Waals surface area contributed by atoms with Gasteiger partial charge in [-0.25, -0.2) is 9.59 Å². The highest BCUT2D eigenvalue weighted by molar-refractivity contribution is 5.92. The Labute approximate surface area is 152 Å². The zero-order chi connectivity index (χ0) is 18.8. The fourth-order valence-corrected chi connectivity index (χ4v) is 2.75. The molecule has 2 aliphatic carbocycles. The van der Waals surface area contributed by atoms with E-state index in [2.05, 4.69) is 13.2 Å². The number of fused-ring (bicyclic) bond motifs is 3. The minimum atomic E-state index is -0.481. The Morgan fingerprint density at radius 2 is 1.69 bits per heavy atom. The van der Waals surface area contributed by atoms with Crippen LogP contribution in [0.2, 0.25) is 0 Å². The third-order valence-corrected chi connectivity index (χ3v) is 4.09. The molecule has 0 spiro atoms. The lowest BCUT2D eigenvalue weighted by molar-refractivity contribution is -0.142. The van der Waals surface area contributed by atoms with E-state index in [0.29, 0.717) is 16.9 Å². The summed E-state index contributed by atoms with van der Waals surface area (Å²) in [5.74, 6) is -0.430. The molecule has 0 aromatic heterocycles. The molecule has 0 N–H and O–H groups in total. The Balaban J connectivity index is 2.01. The fraction of sp³-hybridized carbons (Fsp3) is 0.136. The Morgan fingerprint density at radius 3 is 2.38 bits per heavy atom. The van der Waals surface area contributed by atoms with Gasteiger partial charge in [-0.15, -0.1) is 0 Å². The van der Waals surface area contributed by atoms with Crippen LogP contribution < -0.4 is 10.4 Å². The molecular formula is C22H19O4. The number of hydrogen-bond donors (Lipinski definition) is 0. The van der Waals surface area contributed by atoms with E-state index in [1.165, 1.54) is 0 Å². The Kier molecular flexibility index (Phi) is 4.76. The van der Waals surface area contributed by atoms with E-state index in [0.717, 1.165) is 21.6 Å². The summed E-state index contributed by atoms with van der Waals surface area (Å²) in [6, 6.07) is 3.75. The molecule has 0 amide bonds. The topological polar surface area (TPSA) is 52.6 Å². The van der Waals surface area contributed by atoms with Crippen LogP contribution in [0.15, 0.2) is 54.7 Å². The summed E-state index contributed by atoms with van der Waals surface area (Å²) in [6.07, 6.45) is 10.7. The highest BCUT2D eigenvalue weighted by Crippen LogP contribution is 2.23. The van der Waals surface area contributed by atoms with Gasteiger partial charge in [-0.2, -0.15) is 0 Å². The maximum Gasteiger partial charge on any atom is 0.338 e. The van der Waals surface area contributed by atoms with Crippen molar-refractivity contribution in [3.8, 4) is 0 Å². The molecule has 0 saturated heterocycles. The van der Waals surface area contributed by atoms with Crippen LogP contribution in [0.1, 0.15) is 31.1 Å². The van der Waals surface area contributed by atoms with Crippen molar-refractivity contribution in [2.75, 3.05) is 0 Å². The molecule has 2 aliphatic rings. The van der Waals surface area contributed by atoms with Crippen molar-refractivity contribution in [2.24, 2.45) is 0 Å². The van der Waals surface area contributed by atoms with Gasteiger partial charge in [-0.1, -0.05) is 43.5 Å². The van der Waals surface area contributed by atoms with Crippen LogP contribution in [0.25, 0.3) is 17.9 Å². The molecule has 26 heavy (non-hydrogen) atoms. The maximum atomic E-state index is 11.9. The molecule has 3 rings (SSSR count). The second-order valence-corrected chi connectivity index (χ2v) is 6.25. The molecule has 1 atom stereocenters. The lowest BCUT2D eigenvalue weighted by Gasteiger charge is -2.20. The molecule has 1 radical (unpaired) electrons. The molecule has 0 heterocycles. The van der Waals surface area contributed by atoms with Gasteiger partial charge in [0, 0.05) is 28.7 Å². The van der Waals surface area contributed by atoms with Gasteiger partial charge in [0.1, 0.15) is 11.9 Å². The molecule has 4 heteroatoms. The first-order chi connectivity index (χ1) is 12.4. The van der Waals surface area contributed by atoms with Gasteiger partial charge in [-0.3, -0.25) is 0 Å². The molecular weight excluding hydrogens is 328 g/mol. The number of hydrogen-bond acceptors (Lipinski definition) is 4. The molecule has 1 unspecified atom stereocenters. The lowest BCUT2D eigenvalue weighted by atomic mass is 9.93. The van der Waals surface area contributed by atoms with Crippen molar-refractivity contribution in [3.05, 3.63) is 82.6 Å². The van der Waals surface area contributed by atoms with Gasteiger partial charge in [0.2, 0.25) is 0 Å². The van der Waals surface area contributed by atoms with Crippen molar-refractivity contribution >= 4 is 29.8 Å². The number of carbonyl (C=O) groups excluding carboxylic acids is 2. The van der Waals surface area contributed by atoms with Crippen molar-refractivity contribution in [1.82, 2.24) is 0 Å². The molecule has 131 valence electrons. The number of carbonyl (C=O) groups is 2. The SMILES string of the molecule is C=C(C)C(=O)OC1=C[CH]C=c2c1ccc1c2=CC=CC1OC(=O)C(=C)C. The van der Waals surface area contributed by atoms with E-state index in [9.17, 15) is 9.59 Å². The predicted octanol–water partition coefficient (Wildman–Crippen LogP) is 2.66. The lowest BCUT2D eigenvalue weighted by Crippen LogP contribution is -2.36. The number of allylic oxidation sites excluding steroid dienone is 2. The first-order valence-electron chi connectivity index (χ1n) is 8.20. The van der Waals surface area contributed by atoms with E-state index >= 15 is 0 Å². The van der Waals surface area contributed by atoms with Crippen molar-refractivity contribution < 1.29 is 19.1 Å². The van der Waals surface area contributed by atoms with Gasteiger partial charge in [0.05, 0.1) is 0 Å². The normalized spacial score (nSPS) is 16.8. The standard InChI is InChI=1S/C22H19O4/c1-13(2)21(23)25-19-9-5-7-15-16-8-6-10-20(26-22(24)14(3)4)18(16)12-11-17(15)19/h5-12,19H,1,3H2,2,4H3. The minimum absolute atomic E-state index is 0.334. The molecule has 0 saturated carbocycles. The monoisotopic (exact) mass is 347 g/mol. The first kappa shape index (κ1) is 17.7. The van der Waals surface area contributed by atoms with Crippen LogP contribution in [0.4, 0.5) is 0 Å². The highest BCUT2D eigenvalue weighted by atomic mass is 16.5. The van der Waals surface area contributed by atoms with Crippen LogP contribution in [0.3, 0.4) is 0 Å². The Bertz CT molecular complexity index is 1010. The van der Waals surface area contributed by atoms with Crippen molar-refractivity contribution in [2.45, 2.75) is 20.0 Å². The van der Waals surface area contributed by atoms with Crippen molar-refractivity contribution in [1.29, 1.82) is 0 Å². The number of ether oxygens (including phenoxy) is 2. The van der Waals surface area contributed by atoms with E-state index < -0.39 is 18.0 Å². The van der Waals surface area contributed by atoms with Crippen LogP contribution in [-0.2, 0) is 19.1 Å². The van der Waals surface area contributed by atoms with Crippen LogP contribution in [0.5, 0.6) is 0 Å². The average Bonchev–Trinajstić information content (AvgIpc) is 2.61. The van der Waals surface area contributed by atoms with E-state index in [4.69, 9.17) is 9.47 Å². The van der Waals surface area contributed by atoms with Gasteiger partial charge in [-0.05, 0) is 36.4 Å². The van der Waals surface area contributed by atoms with Gasteiger partial charge >= 0.3 is 11.9 Å². The summed E-state index contributed by atoms with van der Waals surface area (Å²) in [5, 5.41) is 1.84. The summed E-state index contributed by atoms with van der Waals surface area (Å²) in [7, 11) is 0. The Hall–Kier alpha value is -3.14. The number of rotatable bonds is 4. The molecule has 1 aromatic rings. The van der Waals surface area contributed by atoms with E-state index in [1.54, 1.807) is 19.9 Å². The quantitative estimate of drug-likeness (QED) is 0.621. The van der Waals surface area contributed by atoms with Crippen molar-refractivity contribution in [3.63, 3.8) is 0 Å². The summed E-state index contributed by atoms with van der Waals surface area (Å²) >= 11 is 0. The molecule has 0 fully saturated rings. The summed E-state index contributed by atoms with van der Waals surface area (Å²) in [4.78, 5) is 23.8. The summed E-state index contributed by atoms with van der Waals surface area (Å²) in [6.45, 7) is 10.4. The average molecular weight is 347 g/mol. The molecule has 4 nitrogen and oxygen atoms in total. The van der Waals surface area contributed by atoms with E-state index in [-0.39, 0.29) is 0 Å². The summed E-state index contributed by atoms with van der Waals surface area (Å²) < 4.78 is 10.9. The zero-order valence-corrected chi connectivity index (χ0v) is 14.7. The molecule has 0 bridgehead atoms. The maximum absolute atomic E-state index is 11.9. The fourth-order valence-electron chi connectivity index (χ4n) is 2.75. The zero-order valence-electron chi connectivity index (χ0n) is 14.7.